The molecule has 0 radical (unpaired) electrons. The standard InChI is InChI=1S/C28H23BN6/c1-32-18-30-16-24-27(32)29-26-22(34(24)20-10-5-3-6-11-20)14-9-15-23(26)35(21-12-7-4-8-13-21)25-17-31-19-33(2)28(25)29/h3-19H,1-2H3/q+2. The van der Waals surface area contributed by atoms with Gasteiger partial charge in [-0.25, -0.2) is 9.13 Å². The number of benzene rings is 3. The van der Waals surface area contributed by atoms with Gasteiger partial charge in [0.15, 0.2) is 12.4 Å². The highest BCUT2D eigenvalue weighted by molar-refractivity contribution is 6.98. The van der Waals surface area contributed by atoms with Crippen LogP contribution in [0.3, 0.4) is 0 Å². The Bertz CT molecular complexity index is 1470. The molecule has 0 atom stereocenters. The lowest BCUT2D eigenvalue weighted by atomic mass is 9.36. The molecule has 4 heterocycles. The number of para-hydroxylation sites is 2. The van der Waals surface area contributed by atoms with Crippen molar-refractivity contribution in [3.8, 4) is 0 Å². The Morgan fingerprint density at radius 3 is 1.49 bits per heavy atom. The molecule has 0 bridgehead atoms. The van der Waals surface area contributed by atoms with E-state index in [1.807, 2.05) is 25.0 Å². The minimum Gasteiger partial charge on any atom is -0.305 e. The largest absolute Gasteiger partial charge is 0.352 e. The number of hydrogen-bond donors (Lipinski definition) is 0. The first-order valence-electron chi connectivity index (χ1n) is 11.7. The summed E-state index contributed by atoms with van der Waals surface area (Å²) in [5.41, 5.74) is 10.4. The van der Waals surface area contributed by atoms with Crippen LogP contribution in [-0.4, -0.2) is 16.7 Å². The van der Waals surface area contributed by atoms with Crippen LogP contribution in [0.5, 0.6) is 0 Å². The maximum atomic E-state index is 4.59. The first kappa shape index (κ1) is 19.9. The third-order valence-corrected chi connectivity index (χ3v) is 7.05. The number of nitrogens with zero attached hydrogens (tertiary/aromatic N) is 6. The van der Waals surface area contributed by atoms with Crippen LogP contribution < -0.4 is 35.6 Å². The summed E-state index contributed by atoms with van der Waals surface area (Å²) in [6.45, 7) is 0.0344. The Morgan fingerprint density at radius 1 is 0.571 bits per heavy atom. The predicted molar refractivity (Wildman–Crippen MR) is 138 cm³/mol. The SMILES string of the molecule is C[n+]1cncc2c1B1c3c(cccc3N(c3ccccc3)c3cnc[n+](C)c31)N2c1ccccc1. The van der Waals surface area contributed by atoms with Crippen LogP contribution in [0.15, 0.2) is 104 Å². The van der Waals surface area contributed by atoms with Crippen LogP contribution in [0.25, 0.3) is 0 Å². The van der Waals surface area contributed by atoms with Gasteiger partial charge in [-0.1, -0.05) is 52.4 Å². The van der Waals surface area contributed by atoms with Crippen molar-refractivity contribution in [2.45, 2.75) is 0 Å². The number of rotatable bonds is 2. The van der Waals surface area contributed by atoms with Crippen molar-refractivity contribution in [1.82, 2.24) is 9.97 Å². The van der Waals surface area contributed by atoms with E-state index in [0.29, 0.717) is 0 Å². The Balaban J connectivity index is 1.62. The van der Waals surface area contributed by atoms with E-state index < -0.39 is 0 Å². The van der Waals surface area contributed by atoms with Gasteiger partial charge in [-0.15, -0.1) is 0 Å². The summed E-state index contributed by atoms with van der Waals surface area (Å²) in [5, 5.41) is 0. The van der Waals surface area contributed by atoms with Gasteiger partial charge >= 0.3 is 6.71 Å². The summed E-state index contributed by atoms with van der Waals surface area (Å²) in [5.74, 6) is 0. The summed E-state index contributed by atoms with van der Waals surface area (Å²) < 4.78 is 4.33. The number of hydrogen-bond acceptors (Lipinski definition) is 4. The summed E-state index contributed by atoms with van der Waals surface area (Å²) in [6, 6.07) is 27.7. The van der Waals surface area contributed by atoms with E-state index in [1.54, 1.807) is 0 Å². The van der Waals surface area contributed by atoms with E-state index in [9.17, 15) is 0 Å². The Hall–Kier alpha value is -4.52. The van der Waals surface area contributed by atoms with Crippen LogP contribution in [0.2, 0.25) is 0 Å². The Morgan fingerprint density at radius 2 is 1.03 bits per heavy atom. The summed E-state index contributed by atoms with van der Waals surface area (Å²) in [4.78, 5) is 13.9. The monoisotopic (exact) mass is 454 g/mol. The van der Waals surface area contributed by atoms with E-state index in [4.69, 9.17) is 0 Å². The molecule has 2 aliphatic rings. The predicted octanol–water partition coefficient (Wildman–Crippen LogP) is 2.21. The van der Waals surface area contributed by atoms with Crippen molar-refractivity contribution in [3.05, 3.63) is 104 Å². The summed E-state index contributed by atoms with van der Waals surface area (Å²) in [6.07, 6.45) is 7.78. The normalized spacial score (nSPS) is 13.3. The van der Waals surface area contributed by atoms with Gasteiger partial charge in [-0.05, 0) is 41.9 Å². The lowest BCUT2D eigenvalue weighted by Gasteiger charge is -2.41. The molecule has 7 heteroatoms. The first-order valence-corrected chi connectivity index (χ1v) is 11.7. The van der Waals surface area contributed by atoms with Gasteiger partial charge in [-0.3, -0.25) is 0 Å². The van der Waals surface area contributed by atoms with Crippen LogP contribution in [0.1, 0.15) is 0 Å². The number of aryl methyl sites for hydroxylation is 2. The van der Waals surface area contributed by atoms with Crippen molar-refractivity contribution >= 4 is 57.5 Å². The molecule has 5 aromatic rings. The fourth-order valence-electron chi connectivity index (χ4n) is 5.67. The molecule has 35 heavy (non-hydrogen) atoms. The molecular formula is C28H23BN6+2. The molecule has 0 aliphatic carbocycles. The molecule has 166 valence electrons. The molecule has 0 saturated carbocycles. The highest BCUT2D eigenvalue weighted by atomic mass is 15.2. The smallest absolute Gasteiger partial charge is 0.305 e. The second-order valence-corrected chi connectivity index (χ2v) is 9.03. The third-order valence-electron chi connectivity index (χ3n) is 7.05. The molecule has 2 aromatic heterocycles. The second-order valence-electron chi connectivity index (χ2n) is 9.03. The lowest BCUT2D eigenvalue weighted by molar-refractivity contribution is -0.661. The molecule has 0 saturated heterocycles. The zero-order chi connectivity index (χ0) is 23.5. The molecule has 0 unspecified atom stereocenters. The van der Waals surface area contributed by atoms with Gasteiger partial charge in [0.2, 0.25) is 0 Å². The maximum Gasteiger partial charge on any atom is 0.352 e. The second kappa shape index (κ2) is 7.50. The molecule has 3 aromatic carbocycles. The Labute approximate surface area is 204 Å². The zero-order valence-corrected chi connectivity index (χ0v) is 19.6. The number of fused-ring (bicyclic) bond motifs is 4. The average molecular weight is 454 g/mol. The molecule has 2 aliphatic heterocycles. The molecular weight excluding hydrogens is 431 g/mol. The van der Waals surface area contributed by atoms with Crippen molar-refractivity contribution in [1.29, 1.82) is 0 Å². The Kier molecular flexibility index (Phi) is 4.27. The highest BCUT2D eigenvalue weighted by Crippen LogP contribution is 2.42. The van der Waals surface area contributed by atoms with Crippen LogP contribution in [0, 0.1) is 0 Å². The van der Waals surface area contributed by atoms with Crippen molar-refractivity contribution in [3.63, 3.8) is 0 Å². The number of aromatic nitrogens is 4. The zero-order valence-electron chi connectivity index (χ0n) is 19.6. The van der Waals surface area contributed by atoms with Gasteiger partial charge in [-0.2, -0.15) is 0 Å². The number of anilines is 6. The highest BCUT2D eigenvalue weighted by Gasteiger charge is 2.50. The van der Waals surface area contributed by atoms with Gasteiger partial charge in [0.1, 0.15) is 22.6 Å². The fraction of sp³-hybridized carbons (Fsp3) is 0.0714. The maximum absolute atomic E-state index is 4.59. The topological polar surface area (TPSA) is 40.0 Å². The first-order chi connectivity index (χ1) is 17.2. The van der Waals surface area contributed by atoms with E-state index >= 15 is 0 Å². The molecule has 0 spiro atoms. The van der Waals surface area contributed by atoms with E-state index in [2.05, 4.69) is 122 Å². The van der Waals surface area contributed by atoms with Crippen molar-refractivity contribution in [2.75, 3.05) is 9.80 Å². The molecule has 0 N–H and O–H groups in total. The summed E-state index contributed by atoms with van der Waals surface area (Å²) >= 11 is 0. The van der Waals surface area contributed by atoms with E-state index in [0.717, 1.165) is 22.7 Å². The molecule has 7 rings (SSSR count). The van der Waals surface area contributed by atoms with Crippen LogP contribution in [-0.2, 0) is 14.1 Å². The van der Waals surface area contributed by atoms with E-state index in [-0.39, 0.29) is 6.71 Å². The van der Waals surface area contributed by atoms with Gasteiger partial charge in [0.05, 0.1) is 14.1 Å². The van der Waals surface area contributed by atoms with Crippen LogP contribution in [0.4, 0.5) is 34.1 Å². The quantitative estimate of drug-likeness (QED) is 0.297. The van der Waals surface area contributed by atoms with Crippen LogP contribution >= 0.6 is 0 Å². The molecule has 0 amide bonds. The minimum atomic E-state index is 0.0344. The van der Waals surface area contributed by atoms with Gasteiger partial charge in [0, 0.05) is 22.7 Å². The van der Waals surface area contributed by atoms with Gasteiger partial charge < -0.3 is 9.80 Å². The lowest BCUT2D eigenvalue weighted by Crippen LogP contribution is -2.75. The average Bonchev–Trinajstić information content (AvgIpc) is 2.90. The molecule has 6 nitrogen and oxygen atoms in total. The van der Waals surface area contributed by atoms with Gasteiger partial charge in [0.25, 0.3) is 12.7 Å². The fourth-order valence-corrected chi connectivity index (χ4v) is 5.67. The third kappa shape index (κ3) is 2.78. The van der Waals surface area contributed by atoms with Crippen molar-refractivity contribution in [2.24, 2.45) is 14.1 Å². The molecule has 0 fully saturated rings. The minimum absolute atomic E-state index is 0.0344. The van der Waals surface area contributed by atoms with E-state index in [1.165, 1.54) is 28.0 Å². The summed E-state index contributed by atoms with van der Waals surface area (Å²) in [7, 11) is 4.18. The van der Waals surface area contributed by atoms with Crippen molar-refractivity contribution < 1.29 is 9.13 Å².